The first-order chi connectivity index (χ1) is 18.9. The molecule has 12 heteroatoms. The van der Waals surface area contributed by atoms with Crippen LogP contribution < -0.4 is 26.4 Å². The second kappa shape index (κ2) is 11.8. The first-order valence-corrected chi connectivity index (χ1v) is 14.1. The average molecular weight is 565 g/mol. The van der Waals surface area contributed by atoms with Gasteiger partial charge in [0.2, 0.25) is 0 Å². The van der Waals surface area contributed by atoms with Crippen LogP contribution in [0.2, 0.25) is 0 Å². The van der Waals surface area contributed by atoms with Crippen LogP contribution in [0.3, 0.4) is 0 Å². The summed E-state index contributed by atoms with van der Waals surface area (Å²) in [5, 5.41) is 21.2. The lowest BCUT2D eigenvalue weighted by Crippen LogP contribution is -2.40. The number of benzene rings is 2. The molecule has 3 amide bonds. The van der Waals surface area contributed by atoms with Gasteiger partial charge in [-0.15, -0.1) is 11.3 Å². The zero-order valence-corrected chi connectivity index (χ0v) is 22.8. The lowest BCUT2D eigenvalue weighted by Gasteiger charge is -2.25. The summed E-state index contributed by atoms with van der Waals surface area (Å²) in [7, 11) is 1.56. The molecule has 0 atom stereocenters. The number of carbonyl (C=O) groups excluding carboxylic acids is 2. The van der Waals surface area contributed by atoms with Crippen molar-refractivity contribution in [2.24, 2.45) is 0 Å². The molecule has 0 aliphatic heterocycles. The number of nitrogen functional groups attached to an aromatic ring is 1. The number of carbonyl (C=O) groups is 2. The number of aliphatic hydroxyl groups is 1. The number of rotatable bonds is 7. The normalized spacial score (nSPS) is 16.9. The number of nitrogens with zero attached hydrogens (tertiary/aromatic N) is 2. The van der Waals surface area contributed by atoms with Crippen molar-refractivity contribution >= 4 is 51.2 Å². The molecule has 0 bridgehead atoms. The summed E-state index contributed by atoms with van der Waals surface area (Å²) in [5.74, 6) is 0.654. The second-order valence-corrected chi connectivity index (χ2v) is 11.0. The first kappa shape index (κ1) is 26.6. The summed E-state index contributed by atoms with van der Waals surface area (Å²) in [4.78, 5) is 34.8. The Hall–Kier alpha value is -4.00. The van der Waals surface area contributed by atoms with Crippen molar-refractivity contribution in [3.63, 3.8) is 0 Å². The van der Waals surface area contributed by atoms with Crippen molar-refractivity contribution in [2.45, 2.75) is 37.8 Å². The van der Waals surface area contributed by atoms with Gasteiger partial charge in [-0.2, -0.15) is 0 Å². The van der Waals surface area contributed by atoms with Crippen LogP contribution in [0.5, 0.6) is 5.75 Å². The molecule has 1 saturated carbocycles. The van der Waals surface area contributed by atoms with E-state index in [1.54, 1.807) is 31.4 Å². The Morgan fingerprint density at radius 2 is 1.85 bits per heavy atom. The SMILES string of the molecule is COc1cccc(C(=O)Nc2cccc(-c3csc(-c4sc(NC(=O)NC5CCC(O)CC5)nc4N)n3)c2)c1. The van der Waals surface area contributed by atoms with Gasteiger partial charge in [-0.3, -0.25) is 10.1 Å². The number of hydrogen-bond donors (Lipinski definition) is 5. The highest BCUT2D eigenvalue weighted by molar-refractivity contribution is 7.23. The molecular weight excluding hydrogens is 536 g/mol. The number of anilines is 3. The van der Waals surface area contributed by atoms with Crippen LogP contribution in [0, 0.1) is 0 Å². The summed E-state index contributed by atoms with van der Waals surface area (Å²) in [6.45, 7) is 0. The lowest BCUT2D eigenvalue weighted by atomic mass is 9.93. The molecule has 0 saturated heterocycles. The topological polar surface area (TPSA) is 151 Å². The number of hydrogen-bond acceptors (Lipinski definition) is 9. The smallest absolute Gasteiger partial charge is 0.321 e. The Labute approximate surface area is 233 Å². The largest absolute Gasteiger partial charge is 0.497 e. The van der Waals surface area contributed by atoms with Crippen LogP contribution in [0.4, 0.5) is 21.4 Å². The summed E-state index contributed by atoms with van der Waals surface area (Å²) in [6.07, 6.45) is 2.57. The van der Waals surface area contributed by atoms with Crippen LogP contribution in [0.15, 0.2) is 53.9 Å². The van der Waals surface area contributed by atoms with Crippen LogP contribution in [0.1, 0.15) is 36.0 Å². The van der Waals surface area contributed by atoms with E-state index in [9.17, 15) is 14.7 Å². The first-order valence-electron chi connectivity index (χ1n) is 12.4. The van der Waals surface area contributed by atoms with Gasteiger partial charge in [-0.25, -0.2) is 14.8 Å². The second-order valence-electron chi connectivity index (χ2n) is 9.14. The maximum absolute atomic E-state index is 12.7. The zero-order valence-electron chi connectivity index (χ0n) is 21.1. The van der Waals surface area contributed by atoms with E-state index in [0.717, 1.165) is 24.1 Å². The molecule has 5 rings (SSSR count). The number of urea groups is 1. The van der Waals surface area contributed by atoms with Crippen molar-refractivity contribution in [3.8, 4) is 26.9 Å². The molecule has 39 heavy (non-hydrogen) atoms. The fourth-order valence-electron chi connectivity index (χ4n) is 4.31. The van der Waals surface area contributed by atoms with Crippen molar-refractivity contribution in [1.29, 1.82) is 0 Å². The minimum atomic E-state index is -0.343. The third kappa shape index (κ3) is 6.53. The molecular formula is C27H28N6O4S2. The highest BCUT2D eigenvalue weighted by Crippen LogP contribution is 2.38. The number of aromatic nitrogens is 2. The molecule has 10 nitrogen and oxygen atoms in total. The third-order valence-corrected chi connectivity index (χ3v) is 8.33. The number of amides is 3. The predicted octanol–water partition coefficient (Wildman–Crippen LogP) is 5.20. The molecule has 0 radical (unpaired) electrons. The Balaban J connectivity index is 1.25. The monoisotopic (exact) mass is 564 g/mol. The quantitative estimate of drug-likeness (QED) is 0.207. The molecule has 1 fully saturated rings. The van der Waals surface area contributed by atoms with Crippen LogP contribution in [0.25, 0.3) is 21.1 Å². The van der Waals surface area contributed by atoms with Gasteiger partial charge in [0.05, 0.1) is 18.9 Å². The number of methoxy groups -OCH3 is 1. The molecule has 1 aliphatic rings. The number of nitrogens with two attached hydrogens (primary N) is 1. The summed E-state index contributed by atoms with van der Waals surface area (Å²) in [6, 6.07) is 14.1. The maximum atomic E-state index is 12.7. The lowest BCUT2D eigenvalue weighted by molar-refractivity contribution is 0.102. The van der Waals surface area contributed by atoms with Crippen LogP contribution in [-0.2, 0) is 0 Å². The van der Waals surface area contributed by atoms with Crippen molar-refractivity contribution in [1.82, 2.24) is 15.3 Å². The third-order valence-electron chi connectivity index (χ3n) is 6.35. The number of aliphatic hydroxyl groups excluding tert-OH is 1. The molecule has 0 spiro atoms. The van der Waals surface area contributed by atoms with E-state index in [1.807, 2.05) is 29.6 Å². The summed E-state index contributed by atoms with van der Waals surface area (Å²) < 4.78 is 5.20. The van der Waals surface area contributed by atoms with Gasteiger partial charge >= 0.3 is 6.03 Å². The van der Waals surface area contributed by atoms with Gasteiger partial charge in [0.1, 0.15) is 21.5 Å². The maximum Gasteiger partial charge on any atom is 0.321 e. The number of thiazole rings is 2. The molecule has 2 aromatic heterocycles. The van der Waals surface area contributed by atoms with E-state index in [0.29, 0.717) is 44.9 Å². The standard InChI is InChI=1S/C27H28N6O4S2/c1-37-20-7-3-5-16(13-20)24(35)29-18-6-2-4-15(12-18)21-14-38-25(31-21)22-23(28)32-27(39-22)33-26(36)30-17-8-10-19(34)11-9-17/h2-7,12-14,17,19,34H,8-11,28H2,1H3,(H,29,35)(H2,30,32,33,36). The van der Waals surface area contributed by atoms with E-state index < -0.39 is 0 Å². The Morgan fingerprint density at radius 3 is 2.64 bits per heavy atom. The predicted molar refractivity (Wildman–Crippen MR) is 154 cm³/mol. The Morgan fingerprint density at radius 1 is 1.05 bits per heavy atom. The van der Waals surface area contributed by atoms with E-state index >= 15 is 0 Å². The molecule has 202 valence electrons. The van der Waals surface area contributed by atoms with Crippen molar-refractivity contribution < 1.29 is 19.4 Å². The molecule has 0 unspecified atom stereocenters. The average Bonchev–Trinajstić information content (AvgIpc) is 3.56. The van der Waals surface area contributed by atoms with Gasteiger partial charge in [0, 0.05) is 28.2 Å². The molecule has 4 aromatic rings. The van der Waals surface area contributed by atoms with Crippen LogP contribution in [-0.4, -0.2) is 46.3 Å². The molecule has 1 aliphatic carbocycles. The zero-order chi connectivity index (χ0) is 27.4. The van der Waals surface area contributed by atoms with Crippen molar-refractivity contribution in [3.05, 3.63) is 59.5 Å². The van der Waals surface area contributed by atoms with Crippen LogP contribution >= 0.6 is 22.7 Å². The number of nitrogens with one attached hydrogen (secondary N) is 3. The van der Waals surface area contributed by atoms with Gasteiger partial charge < -0.3 is 26.2 Å². The summed E-state index contributed by atoms with van der Waals surface area (Å²) in [5.41, 5.74) is 8.85. The van der Waals surface area contributed by atoms with E-state index in [2.05, 4.69) is 20.9 Å². The van der Waals surface area contributed by atoms with Gasteiger partial charge in [-0.1, -0.05) is 29.5 Å². The summed E-state index contributed by atoms with van der Waals surface area (Å²) >= 11 is 2.68. The minimum absolute atomic E-state index is 0.0303. The molecule has 2 aromatic carbocycles. The Bertz CT molecular complexity index is 1480. The molecule has 2 heterocycles. The minimum Gasteiger partial charge on any atom is -0.497 e. The highest BCUT2D eigenvalue weighted by Gasteiger charge is 2.22. The van der Waals surface area contributed by atoms with E-state index in [4.69, 9.17) is 15.5 Å². The fourth-order valence-corrected chi connectivity index (χ4v) is 6.12. The Kier molecular flexibility index (Phi) is 8.05. The van der Waals surface area contributed by atoms with E-state index in [-0.39, 0.29) is 29.9 Å². The molecule has 6 N–H and O–H groups in total. The van der Waals surface area contributed by atoms with Gasteiger partial charge in [0.25, 0.3) is 5.91 Å². The number of ether oxygens (including phenoxy) is 1. The fraction of sp³-hybridized carbons (Fsp3) is 0.259. The van der Waals surface area contributed by atoms with Gasteiger partial charge in [-0.05, 0) is 56.0 Å². The van der Waals surface area contributed by atoms with E-state index in [1.165, 1.54) is 22.7 Å². The highest BCUT2D eigenvalue weighted by atomic mass is 32.1. The van der Waals surface area contributed by atoms with Crippen molar-refractivity contribution in [2.75, 3.05) is 23.5 Å². The van der Waals surface area contributed by atoms with Gasteiger partial charge in [0.15, 0.2) is 5.13 Å².